The molecule has 0 bridgehead atoms. The van der Waals surface area contributed by atoms with Crippen molar-refractivity contribution >= 4 is 29.9 Å². The molecule has 2 aliphatic heterocycles. The molecule has 0 saturated carbocycles. The van der Waals surface area contributed by atoms with Crippen LogP contribution in [0, 0.1) is 0 Å². The molecule has 1 saturated heterocycles. The highest BCUT2D eigenvalue weighted by Crippen LogP contribution is 2.32. The first-order valence-electron chi connectivity index (χ1n) is 8.72. The van der Waals surface area contributed by atoms with Crippen molar-refractivity contribution in [3.63, 3.8) is 0 Å². The first-order chi connectivity index (χ1) is 12.3. The number of rotatable bonds is 3. The fraction of sp³-hybridized carbons (Fsp3) is 0.350. The van der Waals surface area contributed by atoms with Gasteiger partial charge in [0, 0.05) is 32.6 Å². The summed E-state index contributed by atoms with van der Waals surface area (Å²) >= 11 is 0. The minimum Gasteiger partial charge on any atom is -0.454 e. The van der Waals surface area contributed by atoms with E-state index >= 15 is 0 Å². The van der Waals surface area contributed by atoms with Crippen molar-refractivity contribution in [1.82, 2.24) is 10.2 Å². The fourth-order valence-electron chi connectivity index (χ4n) is 3.51. The molecule has 2 aromatic rings. The number of hydrogen-bond acceptors (Lipinski definition) is 3. The van der Waals surface area contributed by atoms with Crippen LogP contribution < -0.4 is 14.8 Å². The van der Waals surface area contributed by atoms with E-state index in [4.69, 9.17) is 9.47 Å². The second-order valence-corrected chi connectivity index (χ2v) is 6.43. The zero-order valence-corrected chi connectivity index (χ0v) is 17.2. The first-order valence-corrected chi connectivity index (χ1v) is 8.72. The quantitative estimate of drug-likeness (QED) is 0.428. The first kappa shape index (κ1) is 18.8. The lowest BCUT2D eigenvalue weighted by Crippen LogP contribution is -2.39. The van der Waals surface area contributed by atoms with Crippen LogP contribution in [0.2, 0.25) is 0 Å². The molecule has 26 heavy (non-hydrogen) atoms. The van der Waals surface area contributed by atoms with Gasteiger partial charge in [-0.05, 0) is 29.7 Å². The number of ether oxygens (including phenoxy) is 2. The van der Waals surface area contributed by atoms with Gasteiger partial charge in [-0.25, -0.2) is 0 Å². The lowest BCUT2D eigenvalue weighted by molar-refractivity contribution is 0.174. The Morgan fingerprint density at radius 1 is 1.15 bits per heavy atom. The van der Waals surface area contributed by atoms with E-state index in [1.807, 2.05) is 19.2 Å². The highest BCUT2D eigenvalue weighted by Gasteiger charge is 2.25. The average molecular weight is 465 g/mol. The maximum absolute atomic E-state index is 5.44. The highest BCUT2D eigenvalue weighted by molar-refractivity contribution is 14.0. The van der Waals surface area contributed by atoms with E-state index in [1.165, 1.54) is 5.56 Å². The molecule has 1 fully saturated rings. The van der Waals surface area contributed by atoms with E-state index in [0.29, 0.717) is 12.7 Å². The number of halogens is 1. The second kappa shape index (κ2) is 8.62. The summed E-state index contributed by atoms with van der Waals surface area (Å²) in [7, 11) is 1.85. The maximum Gasteiger partial charge on any atom is 0.231 e. The average Bonchev–Trinajstić information content (AvgIpc) is 3.32. The maximum atomic E-state index is 5.44. The van der Waals surface area contributed by atoms with Gasteiger partial charge < -0.3 is 19.7 Å². The number of aliphatic imine (C=N–C) groups is 1. The van der Waals surface area contributed by atoms with Crippen LogP contribution in [-0.4, -0.2) is 37.8 Å². The van der Waals surface area contributed by atoms with Crippen molar-refractivity contribution in [1.29, 1.82) is 0 Å². The molecule has 0 spiro atoms. The molecule has 6 heteroatoms. The molecule has 2 aromatic carbocycles. The van der Waals surface area contributed by atoms with Crippen molar-refractivity contribution in [2.24, 2.45) is 4.99 Å². The van der Waals surface area contributed by atoms with Crippen molar-refractivity contribution in [3.05, 3.63) is 59.7 Å². The Balaban J connectivity index is 0.00000196. The number of benzene rings is 2. The summed E-state index contributed by atoms with van der Waals surface area (Å²) in [6.45, 7) is 3.06. The number of fused-ring (bicyclic) bond motifs is 1. The van der Waals surface area contributed by atoms with Crippen molar-refractivity contribution in [2.75, 3.05) is 26.9 Å². The monoisotopic (exact) mass is 465 g/mol. The number of guanidine groups is 1. The van der Waals surface area contributed by atoms with Crippen LogP contribution in [0.1, 0.15) is 23.5 Å². The van der Waals surface area contributed by atoms with Crippen molar-refractivity contribution in [3.8, 4) is 11.5 Å². The zero-order chi connectivity index (χ0) is 17.1. The van der Waals surface area contributed by atoms with Gasteiger partial charge in [0.25, 0.3) is 0 Å². The van der Waals surface area contributed by atoms with Crippen LogP contribution in [0.15, 0.2) is 53.5 Å². The Morgan fingerprint density at radius 3 is 2.77 bits per heavy atom. The van der Waals surface area contributed by atoms with Crippen LogP contribution >= 0.6 is 24.0 Å². The number of nitrogens with one attached hydrogen (secondary N) is 1. The molecule has 1 N–H and O–H groups in total. The van der Waals surface area contributed by atoms with Gasteiger partial charge in [-0.2, -0.15) is 0 Å². The van der Waals surface area contributed by atoms with E-state index in [9.17, 15) is 0 Å². The summed E-state index contributed by atoms with van der Waals surface area (Å²) in [4.78, 5) is 6.80. The molecular weight excluding hydrogens is 441 g/mol. The van der Waals surface area contributed by atoms with E-state index < -0.39 is 0 Å². The zero-order valence-electron chi connectivity index (χ0n) is 14.9. The molecule has 2 aliphatic rings. The molecule has 1 unspecified atom stereocenters. The third-order valence-electron chi connectivity index (χ3n) is 4.86. The smallest absolute Gasteiger partial charge is 0.231 e. The normalized spacial score (nSPS) is 18.6. The van der Waals surface area contributed by atoms with Gasteiger partial charge >= 0.3 is 0 Å². The molecule has 2 heterocycles. The van der Waals surface area contributed by atoms with E-state index in [2.05, 4.69) is 51.6 Å². The van der Waals surface area contributed by atoms with Crippen LogP contribution in [-0.2, 0) is 6.54 Å². The van der Waals surface area contributed by atoms with E-state index in [-0.39, 0.29) is 24.0 Å². The van der Waals surface area contributed by atoms with Crippen LogP contribution in [0.3, 0.4) is 0 Å². The van der Waals surface area contributed by atoms with E-state index in [0.717, 1.165) is 49.1 Å². The molecule has 138 valence electrons. The summed E-state index contributed by atoms with van der Waals surface area (Å²) in [6, 6.07) is 16.8. The molecular formula is C20H24IN3O2. The molecule has 0 aromatic heterocycles. The summed E-state index contributed by atoms with van der Waals surface area (Å²) in [5.41, 5.74) is 2.57. The molecule has 5 nitrogen and oxygen atoms in total. The van der Waals surface area contributed by atoms with Crippen LogP contribution in [0.4, 0.5) is 0 Å². The van der Waals surface area contributed by atoms with Crippen molar-refractivity contribution < 1.29 is 9.47 Å². The molecule has 4 rings (SSSR count). The number of hydrogen-bond donors (Lipinski definition) is 1. The Kier molecular flexibility index (Phi) is 6.24. The highest BCUT2D eigenvalue weighted by atomic mass is 127. The summed E-state index contributed by atoms with van der Waals surface area (Å²) in [6.07, 6.45) is 1.16. The summed E-state index contributed by atoms with van der Waals surface area (Å²) in [5, 5.41) is 3.47. The standard InChI is InChI=1S/C20H23N3O2.HI/c1-21-20(22-12-15-7-8-18-19(11-15)25-14-24-18)23-10-9-17(13-23)16-5-3-2-4-6-16;/h2-8,11,17H,9-10,12-14H2,1H3,(H,21,22);1H. The predicted molar refractivity (Wildman–Crippen MR) is 114 cm³/mol. The number of likely N-dealkylation sites (tertiary alicyclic amines) is 1. The van der Waals surface area contributed by atoms with Gasteiger partial charge in [-0.3, -0.25) is 4.99 Å². The Morgan fingerprint density at radius 2 is 1.96 bits per heavy atom. The third-order valence-corrected chi connectivity index (χ3v) is 4.86. The van der Waals surface area contributed by atoms with Gasteiger partial charge in [-0.1, -0.05) is 36.4 Å². The Bertz CT molecular complexity index is 767. The van der Waals surface area contributed by atoms with Gasteiger partial charge in [0.15, 0.2) is 17.5 Å². The SMILES string of the molecule is CN=C(NCc1ccc2c(c1)OCO2)N1CCC(c2ccccc2)C1.I. The molecule has 0 amide bonds. The Hall–Kier alpha value is -1.96. The van der Waals surface area contributed by atoms with Crippen LogP contribution in [0.25, 0.3) is 0 Å². The van der Waals surface area contributed by atoms with E-state index in [1.54, 1.807) is 0 Å². The molecule has 0 aliphatic carbocycles. The lowest BCUT2D eigenvalue weighted by Gasteiger charge is -2.22. The van der Waals surface area contributed by atoms with Gasteiger partial charge in [0.2, 0.25) is 6.79 Å². The fourth-order valence-corrected chi connectivity index (χ4v) is 3.51. The molecule has 0 radical (unpaired) electrons. The topological polar surface area (TPSA) is 46.1 Å². The largest absolute Gasteiger partial charge is 0.454 e. The number of nitrogens with zero attached hydrogens (tertiary/aromatic N) is 2. The van der Waals surface area contributed by atoms with Gasteiger partial charge in [0.05, 0.1) is 0 Å². The van der Waals surface area contributed by atoms with Gasteiger partial charge in [-0.15, -0.1) is 24.0 Å². The predicted octanol–water partition coefficient (Wildman–Crippen LogP) is 3.60. The summed E-state index contributed by atoms with van der Waals surface area (Å²) < 4.78 is 10.8. The minimum atomic E-state index is 0. The third kappa shape index (κ3) is 4.06. The van der Waals surface area contributed by atoms with Gasteiger partial charge in [0.1, 0.15) is 0 Å². The minimum absolute atomic E-state index is 0. The lowest BCUT2D eigenvalue weighted by atomic mass is 9.99. The Labute approximate surface area is 171 Å². The van der Waals surface area contributed by atoms with Crippen molar-refractivity contribution in [2.45, 2.75) is 18.9 Å². The second-order valence-electron chi connectivity index (χ2n) is 6.43. The van der Waals surface area contributed by atoms with Crippen LogP contribution in [0.5, 0.6) is 11.5 Å². The molecule has 1 atom stereocenters. The summed E-state index contributed by atoms with van der Waals surface area (Å²) in [5.74, 6) is 3.17.